The maximum atomic E-state index is 14.1. The van der Waals surface area contributed by atoms with E-state index in [9.17, 15) is 4.39 Å². The number of halogens is 1. The van der Waals surface area contributed by atoms with Crippen LogP contribution in [0, 0.1) is 6.92 Å². The van der Waals surface area contributed by atoms with Crippen molar-refractivity contribution in [2.24, 2.45) is 15.7 Å². The molecule has 0 amide bonds. The predicted octanol–water partition coefficient (Wildman–Crippen LogP) is 2.31. The standard InChI is InChI=1S/C20H30FN5O3/c1-8-25(3)19-15(18(22)24-20(21)26(19)4)23-10-9-13-11-14(27-5)17(29-7)16(28-6)12(13)2/h10-11,19H,8-9,22H2,1-7H3. The molecule has 1 aromatic carbocycles. The third kappa shape index (κ3) is 4.45. The number of likely N-dealkylation sites (N-methyl/N-ethyl adjacent to an activating group) is 2. The van der Waals surface area contributed by atoms with Crippen LogP contribution < -0.4 is 19.9 Å². The van der Waals surface area contributed by atoms with Gasteiger partial charge in [0.25, 0.3) is 6.09 Å². The van der Waals surface area contributed by atoms with Crippen LogP contribution >= 0.6 is 0 Å². The summed E-state index contributed by atoms with van der Waals surface area (Å²) < 4.78 is 30.4. The van der Waals surface area contributed by atoms with Crippen LogP contribution in [-0.4, -0.2) is 70.2 Å². The van der Waals surface area contributed by atoms with Crippen LogP contribution in [0.5, 0.6) is 17.2 Å². The molecule has 29 heavy (non-hydrogen) atoms. The summed E-state index contributed by atoms with van der Waals surface area (Å²) in [5.41, 5.74) is 8.37. The fourth-order valence-corrected chi connectivity index (χ4v) is 3.27. The van der Waals surface area contributed by atoms with E-state index in [0.29, 0.717) is 35.9 Å². The van der Waals surface area contributed by atoms with Crippen molar-refractivity contribution in [1.82, 2.24) is 9.80 Å². The van der Waals surface area contributed by atoms with Crippen molar-refractivity contribution in [3.8, 4) is 17.2 Å². The third-order valence-corrected chi connectivity index (χ3v) is 5.02. The molecule has 160 valence electrons. The van der Waals surface area contributed by atoms with Crippen LogP contribution in [0.3, 0.4) is 0 Å². The van der Waals surface area contributed by atoms with E-state index in [1.807, 2.05) is 31.9 Å². The Bertz CT molecular complexity index is 838. The van der Waals surface area contributed by atoms with Crippen molar-refractivity contribution >= 4 is 12.3 Å². The maximum absolute atomic E-state index is 14.1. The monoisotopic (exact) mass is 407 g/mol. The number of hydrogen-bond donors (Lipinski definition) is 1. The van der Waals surface area contributed by atoms with Crippen molar-refractivity contribution in [2.75, 3.05) is 42.0 Å². The second-order valence-corrected chi connectivity index (χ2v) is 6.65. The van der Waals surface area contributed by atoms with Gasteiger partial charge in [0.05, 0.1) is 21.3 Å². The fraction of sp³-hybridized carbons (Fsp3) is 0.500. The minimum absolute atomic E-state index is 0.0729. The van der Waals surface area contributed by atoms with Gasteiger partial charge in [-0.15, -0.1) is 0 Å². The van der Waals surface area contributed by atoms with Gasteiger partial charge in [-0.2, -0.15) is 9.38 Å². The number of ether oxygens (including phenoxy) is 3. The molecule has 0 aromatic heterocycles. The lowest BCUT2D eigenvalue weighted by atomic mass is 10.0. The molecule has 1 aromatic rings. The lowest BCUT2D eigenvalue weighted by Gasteiger charge is -2.36. The lowest BCUT2D eigenvalue weighted by molar-refractivity contribution is 0.158. The van der Waals surface area contributed by atoms with Crippen LogP contribution in [-0.2, 0) is 6.42 Å². The van der Waals surface area contributed by atoms with Crippen molar-refractivity contribution in [3.63, 3.8) is 0 Å². The fourth-order valence-electron chi connectivity index (χ4n) is 3.27. The maximum Gasteiger partial charge on any atom is 0.288 e. The number of benzene rings is 1. The van der Waals surface area contributed by atoms with Gasteiger partial charge >= 0.3 is 0 Å². The molecule has 2 N–H and O–H groups in total. The molecule has 1 aliphatic heterocycles. The highest BCUT2D eigenvalue weighted by molar-refractivity contribution is 5.76. The summed E-state index contributed by atoms with van der Waals surface area (Å²) >= 11 is 0. The molecule has 9 heteroatoms. The second kappa shape index (κ2) is 9.60. The van der Waals surface area contributed by atoms with E-state index in [0.717, 1.165) is 11.1 Å². The van der Waals surface area contributed by atoms with Crippen LogP contribution in [0.2, 0.25) is 0 Å². The van der Waals surface area contributed by atoms with Gasteiger partial charge in [0.2, 0.25) is 5.75 Å². The summed E-state index contributed by atoms with van der Waals surface area (Å²) in [6.45, 7) is 4.62. The first-order valence-corrected chi connectivity index (χ1v) is 9.28. The topological polar surface area (TPSA) is 84.9 Å². The molecule has 2 rings (SSSR count). The Labute approximate surface area is 171 Å². The van der Waals surface area contributed by atoms with Crippen LogP contribution in [0.15, 0.2) is 27.6 Å². The zero-order valence-electron chi connectivity index (χ0n) is 18.1. The van der Waals surface area contributed by atoms with Gasteiger partial charge in [0, 0.05) is 19.7 Å². The Morgan fingerprint density at radius 3 is 2.48 bits per heavy atom. The Morgan fingerprint density at radius 1 is 1.28 bits per heavy atom. The molecule has 0 fully saturated rings. The van der Waals surface area contributed by atoms with Crippen molar-refractivity contribution in [1.29, 1.82) is 0 Å². The van der Waals surface area contributed by atoms with Crippen molar-refractivity contribution in [2.45, 2.75) is 26.4 Å². The van der Waals surface area contributed by atoms with E-state index in [2.05, 4.69) is 9.98 Å². The SMILES string of the molecule is CCN(C)C1C(N=CCc2cc(OC)c(OC)c(OC)c2C)=C(N)N=C(F)N1C. The largest absolute Gasteiger partial charge is 0.493 e. The van der Waals surface area contributed by atoms with Gasteiger partial charge in [-0.1, -0.05) is 6.92 Å². The van der Waals surface area contributed by atoms with Crippen molar-refractivity contribution in [3.05, 3.63) is 28.7 Å². The van der Waals surface area contributed by atoms with E-state index in [-0.39, 0.29) is 5.82 Å². The predicted molar refractivity (Wildman–Crippen MR) is 113 cm³/mol. The van der Waals surface area contributed by atoms with Gasteiger partial charge in [-0.05, 0) is 37.7 Å². The number of methoxy groups -OCH3 is 3. The summed E-state index contributed by atoms with van der Waals surface area (Å²) in [7, 11) is 8.24. The molecular formula is C20H30FN5O3. The Hall–Kier alpha value is -2.81. The number of aliphatic imine (C=N–C) groups is 2. The van der Waals surface area contributed by atoms with E-state index >= 15 is 0 Å². The summed E-state index contributed by atoms with van der Waals surface area (Å²) in [6, 6.07) is 1.89. The highest BCUT2D eigenvalue weighted by Gasteiger charge is 2.31. The first-order chi connectivity index (χ1) is 13.8. The number of nitrogens with zero attached hydrogens (tertiary/aromatic N) is 4. The molecule has 1 heterocycles. The van der Waals surface area contributed by atoms with Gasteiger partial charge in [0.15, 0.2) is 17.3 Å². The second-order valence-electron chi connectivity index (χ2n) is 6.65. The van der Waals surface area contributed by atoms with Crippen molar-refractivity contribution < 1.29 is 18.6 Å². The first kappa shape index (κ1) is 22.5. The molecule has 0 saturated carbocycles. The first-order valence-electron chi connectivity index (χ1n) is 9.28. The summed E-state index contributed by atoms with van der Waals surface area (Å²) in [6.07, 6.45) is 1.17. The molecule has 8 nitrogen and oxygen atoms in total. The molecule has 0 saturated heterocycles. The minimum atomic E-state index is -0.632. The summed E-state index contributed by atoms with van der Waals surface area (Å²) in [4.78, 5) is 11.7. The number of nitrogens with two attached hydrogens (primary N) is 1. The van der Waals surface area contributed by atoms with E-state index in [1.54, 1.807) is 34.6 Å². The molecule has 0 radical (unpaired) electrons. The highest BCUT2D eigenvalue weighted by atomic mass is 19.1. The molecule has 0 spiro atoms. The van der Waals surface area contributed by atoms with Gasteiger partial charge in [-0.3, -0.25) is 9.89 Å². The summed E-state index contributed by atoms with van der Waals surface area (Å²) in [5, 5.41) is 0. The zero-order chi connectivity index (χ0) is 21.7. The van der Waals surface area contributed by atoms with Crippen LogP contribution in [0.4, 0.5) is 4.39 Å². The minimum Gasteiger partial charge on any atom is -0.493 e. The lowest BCUT2D eigenvalue weighted by Crippen LogP contribution is -2.50. The number of hydrogen-bond acceptors (Lipinski definition) is 8. The van der Waals surface area contributed by atoms with E-state index in [1.165, 1.54) is 4.90 Å². The highest BCUT2D eigenvalue weighted by Crippen LogP contribution is 2.41. The summed E-state index contributed by atoms with van der Waals surface area (Å²) in [5.74, 6) is 1.80. The van der Waals surface area contributed by atoms with E-state index in [4.69, 9.17) is 19.9 Å². The smallest absolute Gasteiger partial charge is 0.288 e. The quantitative estimate of drug-likeness (QED) is 0.526. The number of rotatable bonds is 8. The number of amidine groups is 1. The molecule has 1 unspecified atom stereocenters. The normalized spacial score (nSPS) is 17.2. The Kier molecular flexibility index (Phi) is 7.44. The molecule has 0 aliphatic carbocycles. The van der Waals surface area contributed by atoms with Gasteiger partial charge in [-0.25, -0.2) is 0 Å². The Balaban J connectivity index is 2.38. The molecule has 1 aliphatic rings. The molecule has 0 bridgehead atoms. The van der Waals surface area contributed by atoms with Gasteiger partial charge < -0.3 is 24.8 Å². The van der Waals surface area contributed by atoms with E-state index < -0.39 is 12.3 Å². The zero-order valence-corrected chi connectivity index (χ0v) is 18.1. The molecule has 1 atom stereocenters. The van der Waals surface area contributed by atoms with Crippen LogP contribution in [0.1, 0.15) is 18.1 Å². The third-order valence-electron chi connectivity index (χ3n) is 5.02. The van der Waals surface area contributed by atoms with Crippen LogP contribution in [0.25, 0.3) is 0 Å². The molecular weight excluding hydrogens is 377 g/mol. The average molecular weight is 407 g/mol. The Morgan fingerprint density at radius 2 is 1.93 bits per heavy atom. The van der Waals surface area contributed by atoms with Gasteiger partial charge in [0.1, 0.15) is 11.9 Å². The average Bonchev–Trinajstić information content (AvgIpc) is 2.71.